The van der Waals surface area contributed by atoms with E-state index in [2.05, 4.69) is 31.2 Å². The molecular formula is C21H17BrN4OS. The number of carbonyl (C=O) groups is 1. The van der Waals surface area contributed by atoms with E-state index in [9.17, 15) is 4.79 Å². The molecular weight excluding hydrogens is 436 g/mol. The van der Waals surface area contributed by atoms with E-state index in [1.165, 1.54) is 11.8 Å². The minimum Gasteiger partial charge on any atom is -0.351 e. The predicted octanol–water partition coefficient (Wildman–Crippen LogP) is 4.59. The molecule has 0 radical (unpaired) electrons. The van der Waals surface area contributed by atoms with Crippen molar-refractivity contribution in [3.8, 4) is 5.82 Å². The summed E-state index contributed by atoms with van der Waals surface area (Å²) in [4.78, 5) is 22.1. The average molecular weight is 453 g/mol. The summed E-state index contributed by atoms with van der Waals surface area (Å²) in [6, 6.07) is 19.8. The Morgan fingerprint density at radius 3 is 2.64 bits per heavy atom. The summed E-state index contributed by atoms with van der Waals surface area (Å²) in [7, 11) is 0. The largest absolute Gasteiger partial charge is 0.351 e. The number of benzene rings is 2. The molecule has 0 unspecified atom stereocenters. The third kappa shape index (κ3) is 4.43. The molecule has 4 aromatic rings. The van der Waals surface area contributed by atoms with Crippen molar-refractivity contribution in [2.45, 2.75) is 11.4 Å². The van der Waals surface area contributed by atoms with Gasteiger partial charge in [-0.15, -0.1) is 11.8 Å². The molecule has 0 saturated carbocycles. The number of amides is 1. The fourth-order valence-corrected chi connectivity index (χ4v) is 3.73. The number of hydrogen-bond donors (Lipinski definition) is 1. The Balaban J connectivity index is 1.33. The summed E-state index contributed by atoms with van der Waals surface area (Å²) in [5.41, 5.74) is 2.90. The van der Waals surface area contributed by atoms with Gasteiger partial charge in [-0.25, -0.2) is 9.97 Å². The van der Waals surface area contributed by atoms with Gasteiger partial charge in [0.05, 0.1) is 16.8 Å². The monoisotopic (exact) mass is 452 g/mol. The summed E-state index contributed by atoms with van der Waals surface area (Å²) in [6.07, 6.45) is 3.56. The van der Waals surface area contributed by atoms with E-state index < -0.39 is 0 Å². The normalized spacial score (nSPS) is 10.9. The topological polar surface area (TPSA) is 59.8 Å². The van der Waals surface area contributed by atoms with Crippen molar-refractivity contribution in [3.63, 3.8) is 0 Å². The number of halogens is 1. The first kappa shape index (κ1) is 18.7. The second-order valence-electron chi connectivity index (χ2n) is 6.15. The highest BCUT2D eigenvalue weighted by atomic mass is 79.9. The van der Waals surface area contributed by atoms with Gasteiger partial charge in [-0.1, -0.05) is 34.1 Å². The van der Waals surface area contributed by atoms with E-state index in [0.29, 0.717) is 12.3 Å². The van der Waals surface area contributed by atoms with Crippen molar-refractivity contribution in [2.75, 3.05) is 5.75 Å². The summed E-state index contributed by atoms with van der Waals surface area (Å²) in [6.45, 7) is 0.456. The van der Waals surface area contributed by atoms with Crippen molar-refractivity contribution in [3.05, 3.63) is 83.2 Å². The first-order valence-corrected chi connectivity index (χ1v) is 10.5. The van der Waals surface area contributed by atoms with Crippen LogP contribution in [-0.4, -0.2) is 26.2 Å². The van der Waals surface area contributed by atoms with Crippen molar-refractivity contribution >= 4 is 44.6 Å². The van der Waals surface area contributed by atoms with Crippen LogP contribution >= 0.6 is 27.7 Å². The Bertz CT molecular complexity index is 1090. The molecule has 140 valence electrons. The van der Waals surface area contributed by atoms with Crippen molar-refractivity contribution in [2.24, 2.45) is 0 Å². The summed E-state index contributed by atoms with van der Waals surface area (Å²) >= 11 is 4.92. The van der Waals surface area contributed by atoms with Crippen LogP contribution in [0.3, 0.4) is 0 Å². The number of para-hydroxylation sites is 2. The highest BCUT2D eigenvalue weighted by Gasteiger charge is 2.06. The van der Waals surface area contributed by atoms with Gasteiger partial charge in [0, 0.05) is 22.1 Å². The van der Waals surface area contributed by atoms with E-state index in [0.717, 1.165) is 31.8 Å². The molecule has 2 aromatic heterocycles. The molecule has 5 nitrogen and oxygen atoms in total. The number of imidazole rings is 1. The number of rotatable bonds is 6. The van der Waals surface area contributed by atoms with Gasteiger partial charge < -0.3 is 5.32 Å². The third-order valence-corrected chi connectivity index (χ3v) is 5.72. The van der Waals surface area contributed by atoms with Crippen LogP contribution in [0.15, 0.2) is 82.6 Å². The van der Waals surface area contributed by atoms with E-state index in [4.69, 9.17) is 0 Å². The van der Waals surface area contributed by atoms with Crippen LogP contribution in [0.1, 0.15) is 5.56 Å². The van der Waals surface area contributed by atoms with E-state index >= 15 is 0 Å². The molecule has 0 aliphatic carbocycles. The lowest BCUT2D eigenvalue weighted by Gasteiger charge is -2.07. The number of pyridine rings is 1. The van der Waals surface area contributed by atoms with Crippen LogP contribution in [0.5, 0.6) is 0 Å². The van der Waals surface area contributed by atoms with Crippen molar-refractivity contribution < 1.29 is 4.79 Å². The Hall–Kier alpha value is -2.64. The molecule has 2 aromatic carbocycles. The lowest BCUT2D eigenvalue weighted by molar-refractivity contribution is -0.118. The molecule has 28 heavy (non-hydrogen) atoms. The number of hydrogen-bond acceptors (Lipinski definition) is 4. The van der Waals surface area contributed by atoms with E-state index in [1.807, 2.05) is 65.2 Å². The van der Waals surface area contributed by atoms with E-state index in [-0.39, 0.29) is 5.91 Å². The maximum Gasteiger partial charge on any atom is 0.230 e. The molecule has 0 spiro atoms. The molecule has 0 bridgehead atoms. The fraction of sp³-hybridized carbons (Fsp3) is 0.0952. The predicted molar refractivity (Wildman–Crippen MR) is 116 cm³/mol. The molecule has 0 aliphatic rings. The number of nitrogens with one attached hydrogen (secondary N) is 1. The van der Waals surface area contributed by atoms with Gasteiger partial charge in [-0.3, -0.25) is 9.36 Å². The number of carbonyl (C=O) groups excluding carboxylic acids is 1. The first-order valence-electron chi connectivity index (χ1n) is 8.71. The van der Waals surface area contributed by atoms with Crippen LogP contribution in [0, 0.1) is 0 Å². The van der Waals surface area contributed by atoms with Gasteiger partial charge in [-0.2, -0.15) is 0 Å². The summed E-state index contributed by atoms with van der Waals surface area (Å²) in [5.74, 6) is 1.18. The van der Waals surface area contributed by atoms with Crippen LogP contribution < -0.4 is 5.32 Å². The second-order valence-corrected chi connectivity index (χ2v) is 8.11. The van der Waals surface area contributed by atoms with Gasteiger partial charge >= 0.3 is 0 Å². The lowest BCUT2D eigenvalue weighted by atomic mass is 10.2. The van der Waals surface area contributed by atoms with Crippen molar-refractivity contribution in [1.29, 1.82) is 0 Å². The third-order valence-electron chi connectivity index (χ3n) is 4.18. The van der Waals surface area contributed by atoms with Crippen LogP contribution in [-0.2, 0) is 11.3 Å². The zero-order valence-corrected chi connectivity index (χ0v) is 17.3. The molecule has 1 amide bonds. The molecule has 0 aliphatic heterocycles. The summed E-state index contributed by atoms with van der Waals surface area (Å²) < 4.78 is 2.98. The van der Waals surface area contributed by atoms with Gasteiger partial charge in [-0.05, 0) is 48.0 Å². The van der Waals surface area contributed by atoms with Crippen LogP contribution in [0.25, 0.3) is 16.9 Å². The van der Waals surface area contributed by atoms with Gasteiger partial charge in [0.15, 0.2) is 0 Å². The second kappa shape index (κ2) is 8.58. The standard InChI is InChI=1S/C21H17BrN4OS/c22-16-6-8-17(9-7-16)28-13-21(27)24-12-15-5-10-20(23-11-15)26-14-25-18-3-1-2-4-19(18)26/h1-11,14H,12-13H2,(H,24,27). The SMILES string of the molecule is O=C(CSc1ccc(Br)cc1)NCc1ccc(-n2cnc3ccccc32)nc1. The average Bonchev–Trinajstić information content (AvgIpc) is 3.16. The Morgan fingerprint density at radius 1 is 1.04 bits per heavy atom. The molecule has 0 saturated heterocycles. The number of aromatic nitrogens is 3. The Kier molecular flexibility index (Phi) is 5.73. The number of thioether (sulfide) groups is 1. The smallest absolute Gasteiger partial charge is 0.230 e. The summed E-state index contributed by atoms with van der Waals surface area (Å²) in [5, 5.41) is 2.94. The fourth-order valence-electron chi connectivity index (χ4n) is 2.74. The van der Waals surface area contributed by atoms with Gasteiger partial charge in [0.2, 0.25) is 5.91 Å². The first-order chi connectivity index (χ1) is 13.7. The zero-order chi connectivity index (χ0) is 19.3. The minimum atomic E-state index is -0.00222. The molecule has 0 atom stereocenters. The lowest BCUT2D eigenvalue weighted by Crippen LogP contribution is -2.24. The minimum absolute atomic E-state index is 0.00222. The highest BCUT2D eigenvalue weighted by molar-refractivity contribution is 9.10. The van der Waals surface area contributed by atoms with Crippen molar-refractivity contribution in [1.82, 2.24) is 19.9 Å². The maximum absolute atomic E-state index is 12.1. The highest BCUT2D eigenvalue weighted by Crippen LogP contribution is 2.20. The molecule has 7 heteroatoms. The van der Waals surface area contributed by atoms with Gasteiger partial charge in [0.25, 0.3) is 0 Å². The molecule has 0 fully saturated rings. The molecule has 4 rings (SSSR count). The zero-order valence-electron chi connectivity index (χ0n) is 14.9. The molecule has 1 N–H and O–H groups in total. The van der Waals surface area contributed by atoms with E-state index in [1.54, 1.807) is 12.5 Å². The molecule has 2 heterocycles. The maximum atomic E-state index is 12.1. The van der Waals surface area contributed by atoms with Gasteiger partial charge in [0.1, 0.15) is 12.1 Å². The Morgan fingerprint density at radius 2 is 1.86 bits per heavy atom. The quantitative estimate of drug-likeness (QED) is 0.434. The number of nitrogens with zero attached hydrogens (tertiary/aromatic N) is 3. The Labute approximate surface area is 175 Å². The van der Waals surface area contributed by atoms with Crippen LogP contribution in [0.4, 0.5) is 0 Å². The number of fused-ring (bicyclic) bond motifs is 1. The van der Waals surface area contributed by atoms with Crippen LogP contribution in [0.2, 0.25) is 0 Å².